The summed E-state index contributed by atoms with van der Waals surface area (Å²) in [4.78, 5) is 40.7. The number of carbonyl (C=O) groups excluding carboxylic acids is 3. The first-order valence-electron chi connectivity index (χ1n) is 10.7. The molecule has 0 atom stereocenters. The van der Waals surface area contributed by atoms with E-state index in [-0.39, 0.29) is 22.5 Å². The number of rotatable bonds is 4. The lowest BCUT2D eigenvalue weighted by Crippen LogP contribution is -2.22. The van der Waals surface area contributed by atoms with Crippen molar-refractivity contribution >= 4 is 51.7 Å². The average molecular weight is 464 g/mol. The van der Waals surface area contributed by atoms with E-state index in [0.717, 1.165) is 0 Å². The minimum Gasteiger partial charge on any atom is -0.480 e. The van der Waals surface area contributed by atoms with Gasteiger partial charge in [0.25, 0.3) is 11.9 Å². The maximum atomic E-state index is 12.9. The van der Waals surface area contributed by atoms with Gasteiger partial charge in [0.05, 0.1) is 22.1 Å². The molecular weight excluding hydrogens is 448 g/mol. The fourth-order valence-corrected chi connectivity index (χ4v) is 4.69. The zero-order valence-corrected chi connectivity index (χ0v) is 18.3. The van der Waals surface area contributed by atoms with Crippen molar-refractivity contribution in [3.8, 4) is 11.7 Å². The zero-order chi connectivity index (χ0) is 24.3. The molecule has 0 aliphatic carbocycles. The van der Waals surface area contributed by atoms with Gasteiger partial charge in [-0.05, 0) is 36.8 Å². The molecule has 8 heteroatoms. The van der Waals surface area contributed by atoms with Gasteiger partial charge < -0.3 is 19.6 Å². The second-order valence-corrected chi connectivity index (χ2v) is 8.13. The molecule has 3 aromatic carbocycles. The Morgan fingerprint density at radius 2 is 1.83 bits per heavy atom. The molecule has 0 unspecified atom stereocenters. The molecule has 2 aliphatic heterocycles. The monoisotopic (exact) mass is 464 g/mol. The molecule has 35 heavy (non-hydrogen) atoms. The fraction of sp³-hybridized carbons (Fsp3) is 0.0370. The van der Waals surface area contributed by atoms with Crippen LogP contribution in [0.2, 0.25) is 0 Å². The maximum absolute atomic E-state index is 12.9. The number of ether oxygens (including phenoxy) is 1. The molecule has 2 amide bonds. The van der Waals surface area contributed by atoms with Crippen molar-refractivity contribution in [1.82, 2.24) is 0 Å². The molecule has 2 aliphatic rings. The number of aromatic hydroxyl groups is 1. The van der Waals surface area contributed by atoms with Gasteiger partial charge in [-0.15, -0.1) is 0 Å². The van der Waals surface area contributed by atoms with E-state index in [1.165, 1.54) is 0 Å². The van der Waals surface area contributed by atoms with Gasteiger partial charge in [0, 0.05) is 27.4 Å². The van der Waals surface area contributed by atoms with Crippen LogP contribution in [0.4, 0.5) is 5.69 Å². The Bertz CT molecular complexity index is 1780. The molecule has 0 radical (unpaired) electrons. The standard InChI is InChI=1S/C27H16N2O6/c1-13(14-6-2-4-8-18(14)28-12-30)22-16-10-21-17(11-20(16)34-26(22)32)24(27(33)35-21)23-15-7-3-5-9-19(15)29-25(23)31/h2-12,33H,1H3,(H,28,30)/b22-13-. The van der Waals surface area contributed by atoms with Gasteiger partial charge in [0.1, 0.15) is 11.3 Å². The molecule has 0 saturated heterocycles. The molecule has 0 bridgehead atoms. The highest BCUT2D eigenvalue weighted by molar-refractivity contribution is 6.30. The SMILES string of the molecule is C/C(=C1/C(=O)Oc2cc3c(C4=c5ccccc5=NC4=O)c(O)oc3cc21)c1ccccc1NC=O. The molecule has 0 fully saturated rings. The van der Waals surface area contributed by atoms with Gasteiger partial charge in [0.15, 0.2) is 0 Å². The number of furan rings is 1. The van der Waals surface area contributed by atoms with Crippen molar-refractivity contribution in [1.29, 1.82) is 0 Å². The number of esters is 1. The quantitative estimate of drug-likeness (QED) is 0.208. The fourth-order valence-electron chi connectivity index (χ4n) is 4.69. The molecule has 8 nitrogen and oxygen atoms in total. The first-order chi connectivity index (χ1) is 17.0. The Morgan fingerprint density at radius 1 is 1.06 bits per heavy atom. The minimum atomic E-state index is -0.554. The molecule has 6 rings (SSSR count). The second kappa shape index (κ2) is 7.53. The topological polar surface area (TPSA) is 118 Å². The van der Waals surface area contributed by atoms with Crippen LogP contribution in [0.3, 0.4) is 0 Å². The van der Waals surface area contributed by atoms with Crippen molar-refractivity contribution in [2.45, 2.75) is 6.92 Å². The van der Waals surface area contributed by atoms with Gasteiger partial charge in [-0.2, -0.15) is 0 Å². The Kier molecular flexibility index (Phi) is 4.43. The van der Waals surface area contributed by atoms with E-state index in [0.29, 0.717) is 50.3 Å². The van der Waals surface area contributed by atoms with Crippen LogP contribution in [0, 0.1) is 0 Å². The number of fused-ring (bicyclic) bond motifs is 3. The van der Waals surface area contributed by atoms with Crippen LogP contribution in [-0.2, 0) is 14.4 Å². The third-order valence-electron chi connectivity index (χ3n) is 6.23. The number of carbonyl (C=O) groups is 3. The third kappa shape index (κ3) is 3.00. The van der Waals surface area contributed by atoms with Gasteiger partial charge in [-0.25, -0.2) is 9.79 Å². The molecule has 0 saturated carbocycles. The van der Waals surface area contributed by atoms with Crippen LogP contribution in [0.15, 0.2) is 70.1 Å². The summed E-state index contributed by atoms with van der Waals surface area (Å²) in [6.07, 6.45) is 0.570. The van der Waals surface area contributed by atoms with Crippen molar-refractivity contribution in [3.05, 3.63) is 87.9 Å². The number of hydrogen-bond donors (Lipinski definition) is 2. The summed E-state index contributed by atoms with van der Waals surface area (Å²) in [5.74, 6) is -1.19. The molecule has 3 heterocycles. The van der Waals surface area contributed by atoms with Crippen LogP contribution in [0.25, 0.3) is 27.7 Å². The Balaban J connectivity index is 1.58. The summed E-state index contributed by atoms with van der Waals surface area (Å²) >= 11 is 0. The highest BCUT2D eigenvalue weighted by Gasteiger charge is 2.33. The number of nitrogens with one attached hydrogen (secondary N) is 1. The molecule has 170 valence electrons. The van der Waals surface area contributed by atoms with Gasteiger partial charge in [-0.1, -0.05) is 36.4 Å². The highest BCUT2D eigenvalue weighted by Crippen LogP contribution is 2.45. The summed E-state index contributed by atoms with van der Waals surface area (Å²) in [6.45, 7) is 1.76. The Labute approximate surface area is 197 Å². The second-order valence-electron chi connectivity index (χ2n) is 8.13. The Morgan fingerprint density at radius 3 is 2.66 bits per heavy atom. The average Bonchev–Trinajstić information content (AvgIpc) is 3.45. The number of benzene rings is 3. The highest BCUT2D eigenvalue weighted by atomic mass is 16.5. The van der Waals surface area contributed by atoms with Crippen molar-refractivity contribution in [2.24, 2.45) is 4.99 Å². The summed E-state index contributed by atoms with van der Waals surface area (Å²) in [5.41, 5.74) is 3.30. The predicted molar refractivity (Wildman–Crippen MR) is 127 cm³/mol. The van der Waals surface area contributed by atoms with Crippen LogP contribution >= 0.6 is 0 Å². The van der Waals surface area contributed by atoms with Crippen LogP contribution in [-0.4, -0.2) is 23.4 Å². The molecule has 0 spiro atoms. The van der Waals surface area contributed by atoms with Crippen molar-refractivity contribution < 1.29 is 28.6 Å². The summed E-state index contributed by atoms with van der Waals surface area (Å²) in [6, 6.07) is 17.3. The molecule has 2 N–H and O–H groups in total. The van der Waals surface area contributed by atoms with E-state index < -0.39 is 17.8 Å². The number of hydrogen-bond acceptors (Lipinski definition) is 6. The first kappa shape index (κ1) is 20.6. The molecule has 4 aromatic rings. The number of para-hydroxylation sites is 2. The van der Waals surface area contributed by atoms with Gasteiger partial charge >= 0.3 is 5.97 Å². The van der Waals surface area contributed by atoms with Gasteiger partial charge in [-0.3, -0.25) is 9.59 Å². The van der Waals surface area contributed by atoms with Crippen LogP contribution in [0.5, 0.6) is 11.7 Å². The first-order valence-corrected chi connectivity index (χ1v) is 10.7. The van der Waals surface area contributed by atoms with E-state index in [1.54, 1.807) is 67.6 Å². The number of anilines is 1. The lowest BCUT2D eigenvalue weighted by Gasteiger charge is -2.10. The maximum Gasteiger partial charge on any atom is 0.344 e. The smallest absolute Gasteiger partial charge is 0.344 e. The molecular formula is C27H16N2O6. The summed E-state index contributed by atoms with van der Waals surface area (Å²) in [7, 11) is 0. The lowest BCUT2D eigenvalue weighted by atomic mass is 9.94. The minimum absolute atomic E-state index is 0.201. The van der Waals surface area contributed by atoms with E-state index >= 15 is 0 Å². The summed E-state index contributed by atoms with van der Waals surface area (Å²) < 4.78 is 11.2. The zero-order valence-electron chi connectivity index (χ0n) is 18.3. The van der Waals surface area contributed by atoms with Gasteiger partial charge in [0.2, 0.25) is 6.41 Å². The largest absolute Gasteiger partial charge is 0.480 e. The number of nitrogens with zero attached hydrogens (tertiary/aromatic N) is 1. The van der Waals surface area contributed by atoms with E-state index in [4.69, 9.17) is 9.15 Å². The molecule has 1 aromatic heterocycles. The van der Waals surface area contributed by atoms with Crippen LogP contribution in [0.1, 0.15) is 23.6 Å². The normalized spacial score (nSPS) is 15.5. The summed E-state index contributed by atoms with van der Waals surface area (Å²) in [5, 5.41) is 14.8. The third-order valence-corrected chi connectivity index (χ3v) is 6.23. The van der Waals surface area contributed by atoms with Crippen molar-refractivity contribution in [2.75, 3.05) is 5.32 Å². The van der Waals surface area contributed by atoms with Crippen molar-refractivity contribution in [3.63, 3.8) is 0 Å². The van der Waals surface area contributed by atoms with E-state index in [9.17, 15) is 19.5 Å². The Hall–Kier alpha value is -4.98. The lowest BCUT2D eigenvalue weighted by molar-refractivity contribution is -0.127. The number of amides is 2. The van der Waals surface area contributed by atoms with Crippen LogP contribution < -0.4 is 20.6 Å². The number of allylic oxidation sites excluding steroid dienone is 1. The van der Waals surface area contributed by atoms with E-state index in [2.05, 4.69) is 10.3 Å². The van der Waals surface area contributed by atoms with E-state index in [1.807, 2.05) is 0 Å². The predicted octanol–water partition coefficient (Wildman–Crippen LogP) is 2.92.